The fourth-order valence-electron chi connectivity index (χ4n) is 2.19. The van der Waals surface area contributed by atoms with Crippen LogP contribution >= 0.6 is 11.6 Å². The van der Waals surface area contributed by atoms with Crippen LogP contribution in [0.3, 0.4) is 0 Å². The van der Waals surface area contributed by atoms with Crippen molar-refractivity contribution in [2.75, 3.05) is 6.61 Å². The van der Waals surface area contributed by atoms with Crippen LogP contribution in [0.2, 0.25) is 5.02 Å². The van der Waals surface area contributed by atoms with Crippen molar-refractivity contribution in [3.05, 3.63) is 64.2 Å². The van der Waals surface area contributed by atoms with Gasteiger partial charge in [-0.15, -0.1) is 0 Å². The Bertz CT molecular complexity index is 670. The minimum atomic E-state index is -0.173. The summed E-state index contributed by atoms with van der Waals surface area (Å²) in [7, 11) is 0. The number of carbonyl (C=O) groups excluding carboxylic acids is 1. The lowest BCUT2D eigenvalue weighted by Gasteiger charge is -2.16. The van der Waals surface area contributed by atoms with Crippen LogP contribution in [0.25, 0.3) is 0 Å². The third-order valence-corrected chi connectivity index (χ3v) is 3.80. The first kappa shape index (κ1) is 16.4. The largest absolute Gasteiger partial charge is 0.483 e. The van der Waals surface area contributed by atoms with Gasteiger partial charge in [-0.05, 0) is 49.6 Å². The summed E-state index contributed by atoms with van der Waals surface area (Å²) in [5.41, 5.74) is 3.01. The Labute approximate surface area is 136 Å². The number of hydrogen-bond acceptors (Lipinski definition) is 2. The highest BCUT2D eigenvalue weighted by atomic mass is 35.5. The van der Waals surface area contributed by atoms with Crippen molar-refractivity contribution in [2.24, 2.45) is 0 Å². The first-order valence-corrected chi connectivity index (χ1v) is 7.59. The van der Waals surface area contributed by atoms with E-state index in [1.807, 2.05) is 63.2 Å². The van der Waals surface area contributed by atoms with Crippen molar-refractivity contribution in [1.82, 2.24) is 5.32 Å². The lowest BCUT2D eigenvalue weighted by atomic mass is 10.1. The van der Waals surface area contributed by atoms with Crippen LogP contribution in [0.1, 0.15) is 29.7 Å². The zero-order chi connectivity index (χ0) is 16.1. The first-order chi connectivity index (χ1) is 10.5. The van der Waals surface area contributed by atoms with Gasteiger partial charge in [0.1, 0.15) is 5.75 Å². The molecule has 22 heavy (non-hydrogen) atoms. The fraction of sp³-hybridized carbons (Fsp3) is 0.278. The second kappa shape index (κ2) is 7.32. The van der Waals surface area contributed by atoms with Crippen molar-refractivity contribution in [2.45, 2.75) is 26.8 Å². The molecule has 0 saturated heterocycles. The number of amides is 1. The van der Waals surface area contributed by atoms with E-state index in [9.17, 15) is 4.79 Å². The number of rotatable bonds is 5. The highest BCUT2D eigenvalue weighted by Gasteiger charge is 2.13. The van der Waals surface area contributed by atoms with Gasteiger partial charge in [-0.3, -0.25) is 4.79 Å². The molecule has 2 aromatic carbocycles. The molecule has 0 spiro atoms. The smallest absolute Gasteiger partial charge is 0.258 e. The van der Waals surface area contributed by atoms with Crippen LogP contribution in [0, 0.1) is 13.8 Å². The van der Waals surface area contributed by atoms with Gasteiger partial charge in [0.15, 0.2) is 6.61 Å². The van der Waals surface area contributed by atoms with Crippen LogP contribution in [0.4, 0.5) is 0 Å². The van der Waals surface area contributed by atoms with E-state index in [4.69, 9.17) is 16.3 Å². The maximum atomic E-state index is 12.0. The van der Waals surface area contributed by atoms with Gasteiger partial charge in [0, 0.05) is 5.02 Å². The maximum Gasteiger partial charge on any atom is 0.258 e. The summed E-state index contributed by atoms with van der Waals surface area (Å²) >= 11 is 6.13. The summed E-state index contributed by atoms with van der Waals surface area (Å²) in [5, 5.41) is 3.54. The zero-order valence-electron chi connectivity index (χ0n) is 13.0. The quantitative estimate of drug-likeness (QED) is 0.897. The van der Waals surface area contributed by atoms with E-state index in [2.05, 4.69) is 5.32 Å². The van der Waals surface area contributed by atoms with Gasteiger partial charge in [0.25, 0.3) is 5.91 Å². The number of halogens is 1. The molecular weight excluding hydrogens is 298 g/mol. The Morgan fingerprint density at radius 2 is 1.95 bits per heavy atom. The molecule has 1 atom stereocenters. The van der Waals surface area contributed by atoms with E-state index in [-0.39, 0.29) is 18.6 Å². The van der Waals surface area contributed by atoms with Gasteiger partial charge in [0.05, 0.1) is 6.04 Å². The summed E-state index contributed by atoms with van der Waals surface area (Å²) in [5.74, 6) is 0.564. The van der Waals surface area contributed by atoms with Crippen LogP contribution < -0.4 is 10.1 Å². The van der Waals surface area contributed by atoms with Gasteiger partial charge in [-0.25, -0.2) is 0 Å². The Morgan fingerprint density at radius 1 is 1.23 bits per heavy atom. The molecule has 0 aromatic heterocycles. The van der Waals surface area contributed by atoms with Gasteiger partial charge in [-0.1, -0.05) is 41.9 Å². The van der Waals surface area contributed by atoms with E-state index < -0.39 is 0 Å². The first-order valence-electron chi connectivity index (χ1n) is 7.21. The molecule has 0 unspecified atom stereocenters. The van der Waals surface area contributed by atoms with E-state index in [1.54, 1.807) is 0 Å². The highest BCUT2D eigenvalue weighted by molar-refractivity contribution is 6.31. The summed E-state index contributed by atoms with van der Waals surface area (Å²) in [6, 6.07) is 13.2. The highest BCUT2D eigenvalue weighted by Crippen LogP contribution is 2.22. The Hall–Kier alpha value is -2.00. The topological polar surface area (TPSA) is 38.3 Å². The number of benzene rings is 2. The van der Waals surface area contributed by atoms with Crippen molar-refractivity contribution in [3.63, 3.8) is 0 Å². The Kier molecular flexibility index (Phi) is 5.45. The number of carbonyl (C=O) groups is 1. The molecule has 0 fully saturated rings. The molecule has 1 N–H and O–H groups in total. The molecule has 0 aliphatic heterocycles. The molecule has 2 rings (SSSR count). The fourth-order valence-corrected chi connectivity index (χ4v) is 2.49. The van der Waals surface area contributed by atoms with E-state index >= 15 is 0 Å². The zero-order valence-corrected chi connectivity index (χ0v) is 13.8. The molecular formula is C18H20ClNO2. The number of hydrogen-bond donors (Lipinski definition) is 1. The third kappa shape index (κ3) is 4.25. The standard InChI is InChI=1S/C18H20ClNO2/c1-12-8-9-13(2)17(10-12)22-11-18(21)20-14(3)15-6-4-5-7-16(15)19/h4-10,14H,11H2,1-3H3,(H,20,21)/t14-/m0/s1. The van der Waals surface area contributed by atoms with E-state index in [0.29, 0.717) is 5.02 Å². The lowest BCUT2D eigenvalue weighted by Crippen LogP contribution is -2.31. The average Bonchev–Trinajstić information content (AvgIpc) is 2.48. The minimum Gasteiger partial charge on any atom is -0.483 e. The second-order valence-corrected chi connectivity index (χ2v) is 5.78. The SMILES string of the molecule is Cc1ccc(C)c(OCC(=O)N[C@@H](C)c2ccccc2Cl)c1. The molecule has 0 saturated carbocycles. The number of nitrogens with one attached hydrogen (secondary N) is 1. The molecule has 2 aromatic rings. The van der Waals surface area contributed by atoms with E-state index in [1.165, 1.54) is 0 Å². The van der Waals surface area contributed by atoms with Crippen LogP contribution in [0.15, 0.2) is 42.5 Å². The number of aryl methyl sites for hydroxylation is 2. The molecule has 116 valence electrons. The van der Waals surface area contributed by atoms with Gasteiger partial charge >= 0.3 is 0 Å². The minimum absolute atomic E-state index is 0.0148. The average molecular weight is 318 g/mol. The molecule has 0 aliphatic rings. The Balaban J connectivity index is 1.93. The van der Waals surface area contributed by atoms with Crippen LogP contribution in [-0.2, 0) is 4.79 Å². The van der Waals surface area contributed by atoms with Crippen molar-refractivity contribution < 1.29 is 9.53 Å². The summed E-state index contributed by atoms with van der Waals surface area (Å²) in [4.78, 5) is 12.0. The molecule has 0 aliphatic carbocycles. The van der Waals surface area contributed by atoms with Gasteiger partial charge in [-0.2, -0.15) is 0 Å². The molecule has 0 radical (unpaired) electrons. The van der Waals surface area contributed by atoms with Crippen molar-refractivity contribution in [3.8, 4) is 5.75 Å². The summed E-state index contributed by atoms with van der Waals surface area (Å²) < 4.78 is 5.60. The molecule has 0 heterocycles. The van der Waals surface area contributed by atoms with Crippen molar-refractivity contribution >= 4 is 17.5 Å². The normalized spacial score (nSPS) is 11.8. The predicted octanol–water partition coefficient (Wildman–Crippen LogP) is 4.21. The van der Waals surface area contributed by atoms with Crippen LogP contribution in [-0.4, -0.2) is 12.5 Å². The summed E-state index contributed by atoms with van der Waals surface area (Å²) in [6.45, 7) is 5.83. The summed E-state index contributed by atoms with van der Waals surface area (Å²) in [6.07, 6.45) is 0. The third-order valence-electron chi connectivity index (χ3n) is 3.45. The number of ether oxygens (including phenoxy) is 1. The van der Waals surface area contributed by atoms with Crippen molar-refractivity contribution in [1.29, 1.82) is 0 Å². The van der Waals surface area contributed by atoms with E-state index in [0.717, 1.165) is 22.4 Å². The maximum absolute atomic E-state index is 12.0. The second-order valence-electron chi connectivity index (χ2n) is 5.37. The van der Waals surface area contributed by atoms with Gasteiger partial charge in [0.2, 0.25) is 0 Å². The molecule has 4 heteroatoms. The monoisotopic (exact) mass is 317 g/mol. The molecule has 3 nitrogen and oxygen atoms in total. The molecule has 1 amide bonds. The predicted molar refractivity (Wildman–Crippen MR) is 89.4 cm³/mol. The Morgan fingerprint density at radius 3 is 2.68 bits per heavy atom. The van der Waals surface area contributed by atoms with Gasteiger partial charge < -0.3 is 10.1 Å². The van der Waals surface area contributed by atoms with Crippen LogP contribution in [0.5, 0.6) is 5.75 Å². The lowest BCUT2D eigenvalue weighted by molar-refractivity contribution is -0.123. The molecule has 0 bridgehead atoms.